The van der Waals surface area contributed by atoms with Crippen molar-refractivity contribution in [2.24, 2.45) is 5.14 Å². The van der Waals surface area contributed by atoms with Crippen LogP contribution in [-0.4, -0.2) is 18.6 Å². The smallest absolute Gasteiger partial charge is 0.249 e. The van der Waals surface area contributed by atoms with Gasteiger partial charge < -0.3 is 4.42 Å². The molecule has 22 heavy (non-hydrogen) atoms. The van der Waals surface area contributed by atoms with Crippen LogP contribution in [0.25, 0.3) is 22.9 Å². The molecule has 3 aromatic rings. The Hall–Kier alpha value is -2.22. The highest BCUT2D eigenvalue weighted by Crippen LogP contribution is 2.31. The Morgan fingerprint density at radius 3 is 2.36 bits per heavy atom. The number of hydrogen-bond acceptors (Lipinski definition) is 5. The Kier molecular flexibility index (Phi) is 3.69. The molecule has 0 bridgehead atoms. The summed E-state index contributed by atoms with van der Waals surface area (Å²) in [5, 5.41) is 13.3. The summed E-state index contributed by atoms with van der Waals surface area (Å²) in [4.78, 5) is -0.0774. The van der Waals surface area contributed by atoms with Gasteiger partial charge in [0.05, 0.1) is 15.5 Å². The van der Waals surface area contributed by atoms with E-state index in [1.807, 2.05) is 30.3 Å². The molecule has 1 aromatic heterocycles. The summed E-state index contributed by atoms with van der Waals surface area (Å²) in [6, 6.07) is 13.2. The summed E-state index contributed by atoms with van der Waals surface area (Å²) in [7, 11) is -3.84. The van der Waals surface area contributed by atoms with Crippen molar-refractivity contribution in [3.05, 3.63) is 53.6 Å². The predicted octanol–water partition coefficient (Wildman–Crippen LogP) is 2.70. The van der Waals surface area contributed by atoms with Gasteiger partial charge in [-0.15, -0.1) is 10.2 Å². The van der Waals surface area contributed by atoms with Crippen LogP contribution in [0.15, 0.2) is 57.8 Å². The molecule has 112 valence electrons. The monoisotopic (exact) mass is 335 g/mol. The van der Waals surface area contributed by atoms with Gasteiger partial charge in [0.2, 0.25) is 21.8 Å². The highest BCUT2D eigenvalue weighted by Gasteiger charge is 2.17. The molecule has 0 saturated heterocycles. The van der Waals surface area contributed by atoms with Crippen molar-refractivity contribution in [1.29, 1.82) is 0 Å². The highest BCUT2D eigenvalue weighted by atomic mass is 35.5. The van der Waals surface area contributed by atoms with E-state index in [2.05, 4.69) is 10.2 Å². The molecule has 0 atom stereocenters. The Balaban J connectivity index is 2.07. The Morgan fingerprint density at radius 1 is 1.00 bits per heavy atom. The van der Waals surface area contributed by atoms with Gasteiger partial charge in [-0.3, -0.25) is 0 Å². The van der Waals surface area contributed by atoms with Gasteiger partial charge in [0.15, 0.2) is 0 Å². The quantitative estimate of drug-likeness (QED) is 0.793. The minimum atomic E-state index is -3.84. The molecule has 8 heteroatoms. The lowest BCUT2D eigenvalue weighted by Crippen LogP contribution is -2.12. The van der Waals surface area contributed by atoms with E-state index < -0.39 is 10.0 Å². The van der Waals surface area contributed by atoms with E-state index in [4.69, 9.17) is 21.2 Å². The van der Waals surface area contributed by atoms with Crippen LogP contribution in [0.5, 0.6) is 0 Å². The molecular weight excluding hydrogens is 326 g/mol. The van der Waals surface area contributed by atoms with Crippen molar-refractivity contribution in [2.75, 3.05) is 0 Å². The first-order chi connectivity index (χ1) is 10.4. The molecule has 0 aliphatic carbocycles. The Bertz CT molecular complexity index is 924. The second-order valence-electron chi connectivity index (χ2n) is 4.47. The van der Waals surface area contributed by atoms with Crippen molar-refractivity contribution in [2.45, 2.75) is 4.90 Å². The van der Waals surface area contributed by atoms with E-state index >= 15 is 0 Å². The zero-order chi connectivity index (χ0) is 15.7. The molecule has 0 amide bonds. The summed E-state index contributed by atoms with van der Waals surface area (Å²) in [6.07, 6.45) is 0. The first-order valence-electron chi connectivity index (χ1n) is 6.17. The number of benzene rings is 2. The van der Waals surface area contributed by atoms with E-state index in [1.54, 1.807) is 0 Å². The minimum absolute atomic E-state index is 0.0774. The SMILES string of the molecule is NS(=O)(=O)c1ccc(Cl)c(-c2nnc(-c3ccccc3)o2)c1. The predicted molar refractivity (Wildman–Crippen MR) is 81.6 cm³/mol. The number of primary sulfonamides is 1. The lowest BCUT2D eigenvalue weighted by Gasteiger charge is -2.02. The van der Waals surface area contributed by atoms with Crippen molar-refractivity contribution in [3.63, 3.8) is 0 Å². The van der Waals surface area contributed by atoms with Crippen LogP contribution in [0.4, 0.5) is 0 Å². The summed E-state index contributed by atoms with van der Waals surface area (Å²) >= 11 is 6.07. The zero-order valence-electron chi connectivity index (χ0n) is 11.1. The Labute approximate surface area is 131 Å². The van der Waals surface area contributed by atoms with Gasteiger partial charge in [-0.2, -0.15) is 0 Å². The normalized spacial score (nSPS) is 11.5. The maximum absolute atomic E-state index is 11.4. The first-order valence-corrected chi connectivity index (χ1v) is 8.09. The molecule has 0 aliphatic rings. The van der Waals surface area contributed by atoms with E-state index in [9.17, 15) is 8.42 Å². The van der Waals surface area contributed by atoms with Crippen LogP contribution in [-0.2, 0) is 10.0 Å². The highest BCUT2D eigenvalue weighted by molar-refractivity contribution is 7.89. The van der Waals surface area contributed by atoms with E-state index in [0.717, 1.165) is 5.56 Å². The molecule has 0 aliphatic heterocycles. The lowest BCUT2D eigenvalue weighted by atomic mass is 10.2. The maximum Gasteiger partial charge on any atom is 0.249 e. The van der Waals surface area contributed by atoms with Crippen molar-refractivity contribution in [3.8, 4) is 22.9 Å². The number of aromatic nitrogens is 2. The van der Waals surface area contributed by atoms with Gasteiger partial charge in [-0.05, 0) is 30.3 Å². The largest absolute Gasteiger partial charge is 0.416 e. The van der Waals surface area contributed by atoms with Gasteiger partial charge in [0.25, 0.3) is 0 Å². The third kappa shape index (κ3) is 2.87. The van der Waals surface area contributed by atoms with E-state index in [-0.39, 0.29) is 15.8 Å². The fourth-order valence-electron chi connectivity index (χ4n) is 1.87. The minimum Gasteiger partial charge on any atom is -0.416 e. The number of sulfonamides is 1. The van der Waals surface area contributed by atoms with Crippen molar-refractivity contribution < 1.29 is 12.8 Å². The topological polar surface area (TPSA) is 99.1 Å². The molecular formula is C14H10ClN3O3S. The summed E-state index contributed by atoms with van der Waals surface area (Å²) in [5.74, 6) is 0.432. The van der Waals surface area contributed by atoms with Crippen molar-refractivity contribution >= 4 is 21.6 Å². The Morgan fingerprint density at radius 2 is 1.68 bits per heavy atom. The fourth-order valence-corrected chi connectivity index (χ4v) is 2.61. The van der Waals surface area contributed by atoms with Crippen LogP contribution in [0.1, 0.15) is 0 Å². The maximum atomic E-state index is 11.4. The molecule has 2 aromatic carbocycles. The van der Waals surface area contributed by atoms with Crippen LogP contribution in [0.3, 0.4) is 0 Å². The van der Waals surface area contributed by atoms with Gasteiger partial charge in [0, 0.05) is 5.56 Å². The molecule has 6 nitrogen and oxygen atoms in total. The first kappa shape index (κ1) is 14.7. The summed E-state index contributed by atoms with van der Waals surface area (Å²) < 4.78 is 28.4. The second-order valence-corrected chi connectivity index (χ2v) is 6.43. The third-order valence-electron chi connectivity index (χ3n) is 2.94. The standard InChI is InChI=1S/C14H10ClN3O3S/c15-12-7-6-10(22(16,19)20)8-11(12)14-18-17-13(21-14)9-4-2-1-3-5-9/h1-8H,(H2,16,19,20). The second kappa shape index (κ2) is 5.53. The van der Waals surface area contributed by atoms with Gasteiger partial charge >= 0.3 is 0 Å². The molecule has 0 saturated carbocycles. The fraction of sp³-hybridized carbons (Fsp3) is 0. The molecule has 1 heterocycles. The average molecular weight is 336 g/mol. The van der Waals surface area contributed by atoms with E-state index in [1.165, 1.54) is 18.2 Å². The van der Waals surface area contributed by atoms with Crippen molar-refractivity contribution in [1.82, 2.24) is 10.2 Å². The number of nitrogens with zero attached hydrogens (tertiary/aromatic N) is 2. The summed E-state index contributed by atoms with van der Waals surface area (Å²) in [6.45, 7) is 0. The average Bonchev–Trinajstić information content (AvgIpc) is 2.97. The van der Waals surface area contributed by atoms with E-state index in [0.29, 0.717) is 11.5 Å². The van der Waals surface area contributed by atoms with Gasteiger partial charge in [-0.1, -0.05) is 29.8 Å². The summed E-state index contributed by atoms with van der Waals surface area (Å²) in [5.41, 5.74) is 1.06. The molecule has 0 fully saturated rings. The zero-order valence-corrected chi connectivity index (χ0v) is 12.7. The number of halogens is 1. The van der Waals surface area contributed by atoms with Crippen LogP contribution >= 0.6 is 11.6 Å². The number of nitrogens with two attached hydrogens (primary N) is 1. The molecule has 3 rings (SSSR count). The van der Waals surface area contributed by atoms with Gasteiger partial charge in [0.1, 0.15) is 0 Å². The van der Waals surface area contributed by atoms with Crippen LogP contribution in [0, 0.1) is 0 Å². The van der Waals surface area contributed by atoms with Crippen LogP contribution < -0.4 is 5.14 Å². The number of rotatable bonds is 3. The molecule has 0 spiro atoms. The third-order valence-corrected chi connectivity index (χ3v) is 4.18. The van der Waals surface area contributed by atoms with Gasteiger partial charge in [-0.25, -0.2) is 13.6 Å². The number of hydrogen-bond donors (Lipinski definition) is 1. The molecule has 0 unspecified atom stereocenters. The lowest BCUT2D eigenvalue weighted by molar-refractivity contribution is 0.584. The molecule has 0 radical (unpaired) electrons. The van der Waals surface area contributed by atoms with Crippen LogP contribution in [0.2, 0.25) is 5.02 Å². The molecule has 2 N–H and O–H groups in total.